The van der Waals surface area contributed by atoms with Gasteiger partial charge in [0.15, 0.2) is 9.84 Å². The van der Waals surface area contributed by atoms with E-state index in [0.717, 1.165) is 0 Å². The Kier molecular flexibility index (Phi) is 3.05. The van der Waals surface area contributed by atoms with Crippen LogP contribution in [-0.4, -0.2) is 27.3 Å². The largest absolute Gasteiger partial charge is 0.497 e. The van der Waals surface area contributed by atoms with E-state index in [4.69, 9.17) is 4.74 Å². The van der Waals surface area contributed by atoms with E-state index in [1.165, 1.54) is 7.11 Å². The van der Waals surface area contributed by atoms with Crippen LogP contribution in [0.1, 0.15) is 20.8 Å². The summed E-state index contributed by atoms with van der Waals surface area (Å²) in [5.41, 5.74) is 0.562. The van der Waals surface area contributed by atoms with Crippen LogP contribution < -0.4 is 10.1 Å². The predicted molar refractivity (Wildman–Crippen MR) is 71.9 cm³/mol. The Morgan fingerprint density at radius 3 is 2.56 bits per heavy atom. The maximum atomic E-state index is 12.3. The summed E-state index contributed by atoms with van der Waals surface area (Å²) in [5, 5.41) is 3.31. The number of nitrogens with one attached hydrogen (secondary N) is 1. The predicted octanol–water partition coefficient (Wildman–Crippen LogP) is 2.31. The zero-order valence-electron chi connectivity index (χ0n) is 11.1. The molecule has 0 saturated carbocycles. The Morgan fingerprint density at radius 1 is 1.33 bits per heavy atom. The number of benzene rings is 1. The summed E-state index contributed by atoms with van der Waals surface area (Å²) in [7, 11) is -1.72. The van der Waals surface area contributed by atoms with Gasteiger partial charge in [-0.25, -0.2) is 8.42 Å². The van der Waals surface area contributed by atoms with Crippen molar-refractivity contribution in [3.05, 3.63) is 18.2 Å². The third kappa shape index (κ3) is 2.32. The van der Waals surface area contributed by atoms with Crippen LogP contribution >= 0.6 is 0 Å². The Labute approximate surface area is 108 Å². The molecule has 1 aliphatic heterocycles. The Morgan fingerprint density at radius 2 is 2.00 bits per heavy atom. The molecule has 1 N–H and O–H groups in total. The molecular formula is C13H19NO3S. The summed E-state index contributed by atoms with van der Waals surface area (Å²) >= 11 is 0. The van der Waals surface area contributed by atoms with Gasteiger partial charge in [-0.05, 0) is 17.5 Å². The Balaban J connectivity index is 2.50. The van der Waals surface area contributed by atoms with E-state index >= 15 is 0 Å². The lowest BCUT2D eigenvalue weighted by molar-refractivity contribution is 0.356. The summed E-state index contributed by atoms with van der Waals surface area (Å²) in [6.45, 7) is 6.11. The molecule has 1 aromatic rings. The van der Waals surface area contributed by atoms with Crippen molar-refractivity contribution >= 4 is 15.5 Å². The highest BCUT2D eigenvalue weighted by Crippen LogP contribution is 2.36. The van der Waals surface area contributed by atoms with E-state index in [1.54, 1.807) is 18.2 Å². The van der Waals surface area contributed by atoms with E-state index in [9.17, 15) is 8.42 Å². The van der Waals surface area contributed by atoms with Gasteiger partial charge in [0.05, 0.1) is 23.4 Å². The number of ether oxygens (including phenoxy) is 1. The van der Waals surface area contributed by atoms with Crippen molar-refractivity contribution < 1.29 is 13.2 Å². The standard InChI is InChI=1S/C13H19NO3S/c1-13(2,3)12-8-18(15,16)11-7-9(17-4)5-6-10(11)14-12/h5-7,12,14H,8H2,1-4H3. The van der Waals surface area contributed by atoms with E-state index < -0.39 is 9.84 Å². The fraction of sp³-hybridized carbons (Fsp3) is 0.538. The summed E-state index contributed by atoms with van der Waals surface area (Å²) in [4.78, 5) is 0.336. The highest BCUT2D eigenvalue weighted by Gasteiger charge is 2.36. The van der Waals surface area contributed by atoms with Gasteiger partial charge in [0, 0.05) is 12.1 Å². The number of hydrogen-bond donors (Lipinski definition) is 1. The average molecular weight is 269 g/mol. The fourth-order valence-electron chi connectivity index (χ4n) is 2.01. The molecule has 1 aliphatic rings. The van der Waals surface area contributed by atoms with Crippen molar-refractivity contribution in [2.45, 2.75) is 31.7 Å². The van der Waals surface area contributed by atoms with Crippen LogP contribution in [0.5, 0.6) is 5.75 Å². The number of hydrogen-bond acceptors (Lipinski definition) is 4. The zero-order valence-corrected chi connectivity index (χ0v) is 12.0. The number of fused-ring (bicyclic) bond motifs is 1. The second kappa shape index (κ2) is 4.16. The molecule has 0 aliphatic carbocycles. The number of anilines is 1. The van der Waals surface area contributed by atoms with Gasteiger partial charge in [-0.2, -0.15) is 0 Å². The SMILES string of the molecule is COc1ccc2c(c1)S(=O)(=O)CC(C(C)(C)C)N2. The third-order valence-electron chi connectivity index (χ3n) is 3.29. The summed E-state index contributed by atoms with van der Waals surface area (Å²) in [6.07, 6.45) is 0. The molecule has 0 fully saturated rings. The lowest BCUT2D eigenvalue weighted by atomic mass is 9.87. The van der Waals surface area contributed by atoms with Gasteiger partial charge >= 0.3 is 0 Å². The normalized spacial score (nSPS) is 21.9. The van der Waals surface area contributed by atoms with Crippen LogP contribution in [0, 0.1) is 5.41 Å². The van der Waals surface area contributed by atoms with Crippen molar-refractivity contribution in [2.75, 3.05) is 18.2 Å². The molecule has 4 nitrogen and oxygen atoms in total. The topological polar surface area (TPSA) is 55.4 Å². The molecule has 0 saturated heterocycles. The maximum Gasteiger partial charge on any atom is 0.182 e. The van der Waals surface area contributed by atoms with Gasteiger partial charge < -0.3 is 10.1 Å². The van der Waals surface area contributed by atoms with Crippen molar-refractivity contribution in [2.24, 2.45) is 5.41 Å². The smallest absolute Gasteiger partial charge is 0.182 e. The van der Waals surface area contributed by atoms with E-state index in [-0.39, 0.29) is 17.2 Å². The monoisotopic (exact) mass is 269 g/mol. The van der Waals surface area contributed by atoms with Gasteiger partial charge in [-0.15, -0.1) is 0 Å². The molecule has 18 heavy (non-hydrogen) atoms. The molecule has 1 heterocycles. The Hall–Kier alpha value is -1.23. The molecule has 0 amide bonds. The van der Waals surface area contributed by atoms with Crippen LogP contribution in [0.2, 0.25) is 0 Å². The molecule has 2 rings (SSSR count). The molecule has 0 aromatic heterocycles. The van der Waals surface area contributed by atoms with Crippen LogP contribution in [0.4, 0.5) is 5.69 Å². The molecule has 1 aromatic carbocycles. The first-order valence-corrected chi connectivity index (χ1v) is 7.56. The van der Waals surface area contributed by atoms with Crippen LogP contribution in [0.25, 0.3) is 0 Å². The quantitative estimate of drug-likeness (QED) is 0.850. The molecule has 0 spiro atoms. The maximum absolute atomic E-state index is 12.3. The molecule has 100 valence electrons. The van der Waals surface area contributed by atoms with E-state index in [1.807, 2.05) is 20.8 Å². The molecule has 1 unspecified atom stereocenters. The minimum Gasteiger partial charge on any atom is -0.497 e. The van der Waals surface area contributed by atoms with Crippen LogP contribution in [0.3, 0.4) is 0 Å². The van der Waals surface area contributed by atoms with Crippen molar-refractivity contribution in [1.82, 2.24) is 0 Å². The van der Waals surface area contributed by atoms with Crippen molar-refractivity contribution in [3.63, 3.8) is 0 Å². The highest BCUT2D eigenvalue weighted by molar-refractivity contribution is 7.91. The van der Waals surface area contributed by atoms with Crippen molar-refractivity contribution in [1.29, 1.82) is 0 Å². The van der Waals surface area contributed by atoms with Gasteiger partial charge in [0.1, 0.15) is 5.75 Å². The number of methoxy groups -OCH3 is 1. The lowest BCUT2D eigenvalue weighted by Crippen LogP contribution is -2.43. The summed E-state index contributed by atoms with van der Waals surface area (Å²) < 4.78 is 29.7. The number of rotatable bonds is 1. The minimum atomic E-state index is -3.25. The molecule has 5 heteroatoms. The number of sulfone groups is 1. The molecule has 0 bridgehead atoms. The summed E-state index contributed by atoms with van der Waals surface area (Å²) in [6, 6.07) is 5.04. The second-order valence-corrected chi connectivity index (χ2v) is 7.71. The minimum absolute atomic E-state index is 0.0802. The average Bonchev–Trinajstić information content (AvgIpc) is 2.26. The summed E-state index contributed by atoms with van der Waals surface area (Å²) in [5.74, 6) is 0.685. The van der Waals surface area contributed by atoms with Crippen LogP contribution in [-0.2, 0) is 9.84 Å². The Bertz CT molecular complexity index is 558. The second-order valence-electron chi connectivity index (χ2n) is 5.71. The van der Waals surface area contributed by atoms with Gasteiger partial charge in [0.2, 0.25) is 0 Å². The first-order valence-electron chi connectivity index (χ1n) is 5.91. The van der Waals surface area contributed by atoms with E-state index in [0.29, 0.717) is 16.3 Å². The van der Waals surface area contributed by atoms with E-state index in [2.05, 4.69) is 5.32 Å². The van der Waals surface area contributed by atoms with Crippen LogP contribution in [0.15, 0.2) is 23.1 Å². The zero-order chi connectivity index (χ0) is 13.6. The van der Waals surface area contributed by atoms with Gasteiger partial charge in [0.25, 0.3) is 0 Å². The molecular weight excluding hydrogens is 250 g/mol. The first-order chi connectivity index (χ1) is 8.24. The molecule has 0 radical (unpaired) electrons. The van der Waals surface area contributed by atoms with Gasteiger partial charge in [-0.3, -0.25) is 0 Å². The lowest BCUT2D eigenvalue weighted by Gasteiger charge is -2.36. The third-order valence-corrected chi connectivity index (χ3v) is 5.07. The highest BCUT2D eigenvalue weighted by atomic mass is 32.2. The van der Waals surface area contributed by atoms with Gasteiger partial charge in [-0.1, -0.05) is 20.8 Å². The fourth-order valence-corrected chi connectivity index (χ4v) is 3.97. The molecule has 1 atom stereocenters. The van der Waals surface area contributed by atoms with Crippen molar-refractivity contribution in [3.8, 4) is 5.75 Å². The first kappa shape index (κ1) is 13.2.